The third-order valence-electron chi connectivity index (χ3n) is 2.48. The van der Waals surface area contributed by atoms with Crippen LogP contribution in [0.4, 0.5) is 0 Å². The minimum atomic E-state index is -0.00503. The molecule has 15 heavy (non-hydrogen) atoms. The predicted molar refractivity (Wildman–Crippen MR) is 71.6 cm³/mol. The Hall–Kier alpha value is -0.370. The molecule has 0 bridgehead atoms. The third kappa shape index (κ3) is 13.6. The zero-order chi connectivity index (χ0) is 11.4. The van der Waals surface area contributed by atoms with Gasteiger partial charge in [-0.3, -0.25) is 0 Å². The van der Waals surface area contributed by atoms with E-state index in [-0.39, 0.29) is 5.05 Å². The van der Waals surface area contributed by atoms with Crippen LogP contribution in [0.5, 0.6) is 0 Å². The van der Waals surface area contributed by atoms with Crippen LogP contribution in [0.25, 0.3) is 0 Å². The van der Waals surface area contributed by atoms with Crippen LogP contribution in [0.1, 0.15) is 64.7 Å². The van der Waals surface area contributed by atoms with Gasteiger partial charge in [-0.1, -0.05) is 57.9 Å². The summed E-state index contributed by atoms with van der Waals surface area (Å²) in [6, 6.07) is 0. The summed E-state index contributed by atoms with van der Waals surface area (Å²) in [6.07, 6.45) is 15.3. The van der Waals surface area contributed by atoms with Gasteiger partial charge in [-0.15, -0.1) is 0 Å². The standard InChI is InChI=1S/C13H24OS/c1-2-3-4-5-6-7-8-9-10-11-12-13(14)15/h11-12H,2-10H2,1H3,(H,14,15). The van der Waals surface area contributed by atoms with E-state index in [2.05, 4.69) is 19.1 Å². The molecule has 0 fully saturated rings. The highest BCUT2D eigenvalue weighted by Crippen LogP contribution is 2.09. The number of unbranched alkanes of at least 4 members (excludes halogenated alkanes) is 8. The second-order valence-corrected chi connectivity index (χ2v) is 4.42. The van der Waals surface area contributed by atoms with Gasteiger partial charge in [0.1, 0.15) is 0 Å². The van der Waals surface area contributed by atoms with Crippen molar-refractivity contribution in [3.05, 3.63) is 12.2 Å². The molecule has 0 saturated carbocycles. The van der Waals surface area contributed by atoms with Gasteiger partial charge in [0.25, 0.3) is 0 Å². The van der Waals surface area contributed by atoms with Crippen molar-refractivity contribution in [3.8, 4) is 0 Å². The first-order chi connectivity index (χ1) is 7.27. The first-order valence-electron chi connectivity index (χ1n) is 6.17. The van der Waals surface area contributed by atoms with Crippen LogP contribution in [-0.2, 0) is 0 Å². The maximum Gasteiger partial charge on any atom is 0.180 e. The summed E-state index contributed by atoms with van der Waals surface area (Å²) in [5.74, 6) is 0. The Balaban J connectivity index is 3.02. The lowest BCUT2D eigenvalue weighted by atomic mass is 10.1. The van der Waals surface area contributed by atoms with Gasteiger partial charge >= 0.3 is 0 Å². The van der Waals surface area contributed by atoms with Gasteiger partial charge in [-0.05, 0) is 31.1 Å². The monoisotopic (exact) mass is 228 g/mol. The molecule has 1 N–H and O–H groups in total. The topological polar surface area (TPSA) is 20.2 Å². The average Bonchev–Trinajstić information content (AvgIpc) is 2.20. The van der Waals surface area contributed by atoms with Crippen molar-refractivity contribution >= 4 is 17.3 Å². The number of rotatable bonds is 10. The molecule has 0 saturated heterocycles. The van der Waals surface area contributed by atoms with Crippen molar-refractivity contribution in [2.24, 2.45) is 0 Å². The van der Waals surface area contributed by atoms with Gasteiger partial charge < -0.3 is 5.11 Å². The molecule has 0 aromatic carbocycles. The number of hydrogen-bond acceptors (Lipinski definition) is 1. The highest BCUT2D eigenvalue weighted by molar-refractivity contribution is 7.80. The normalized spacial score (nSPS) is 11.0. The van der Waals surface area contributed by atoms with Crippen molar-refractivity contribution in [2.45, 2.75) is 64.7 Å². The van der Waals surface area contributed by atoms with Crippen molar-refractivity contribution in [3.63, 3.8) is 0 Å². The molecule has 88 valence electrons. The number of aliphatic hydroxyl groups excluding tert-OH is 1. The van der Waals surface area contributed by atoms with Gasteiger partial charge in [0.05, 0.1) is 0 Å². The van der Waals surface area contributed by atoms with Gasteiger partial charge in [-0.25, -0.2) is 0 Å². The third-order valence-corrected chi connectivity index (χ3v) is 2.62. The molecule has 0 atom stereocenters. The van der Waals surface area contributed by atoms with Gasteiger partial charge in [0.2, 0.25) is 0 Å². The molecular weight excluding hydrogens is 204 g/mol. The molecule has 0 rings (SSSR count). The van der Waals surface area contributed by atoms with Crippen molar-refractivity contribution in [1.82, 2.24) is 0 Å². The Morgan fingerprint density at radius 2 is 1.53 bits per heavy atom. The zero-order valence-electron chi connectivity index (χ0n) is 9.87. The van der Waals surface area contributed by atoms with Crippen LogP contribution >= 0.6 is 12.2 Å². The minimum Gasteiger partial charge on any atom is -0.499 e. The Morgan fingerprint density at radius 3 is 2.07 bits per heavy atom. The van der Waals surface area contributed by atoms with Crippen molar-refractivity contribution in [1.29, 1.82) is 0 Å². The number of allylic oxidation sites excluding steroid dienone is 1. The highest BCUT2D eigenvalue weighted by atomic mass is 32.1. The van der Waals surface area contributed by atoms with E-state index in [0.29, 0.717) is 0 Å². The van der Waals surface area contributed by atoms with E-state index in [1.807, 2.05) is 6.08 Å². The fourth-order valence-corrected chi connectivity index (χ4v) is 1.68. The summed E-state index contributed by atoms with van der Waals surface area (Å²) in [6.45, 7) is 2.25. The first-order valence-corrected chi connectivity index (χ1v) is 6.57. The highest BCUT2D eigenvalue weighted by Gasteiger charge is 1.90. The quantitative estimate of drug-likeness (QED) is 0.324. The number of thiocarbonyl (C=S) groups is 1. The Morgan fingerprint density at radius 1 is 1.00 bits per heavy atom. The maximum atomic E-state index is 8.72. The predicted octanol–water partition coefficient (Wildman–Crippen LogP) is 4.96. The average molecular weight is 228 g/mol. The van der Waals surface area contributed by atoms with Crippen molar-refractivity contribution in [2.75, 3.05) is 0 Å². The molecule has 0 aromatic heterocycles. The molecule has 0 aliphatic rings. The number of hydrogen-bond donors (Lipinski definition) is 1. The molecule has 0 aliphatic carbocycles. The van der Waals surface area contributed by atoms with Crippen LogP contribution in [0.3, 0.4) is 0 Å². The fraction of sp³-hybridized carbons (Fsp3) is 0.769. The molecule has 0 aliphatic heterocycles. The number of aliphatic hydroxyl groups is 1. The summed E-state index contributed by atoms with van der Waals surface area (Å²) in [7, 11) is 0. The second kappa shape index (κ2) is 11.7. The van der Waals surface area contributed by atoms with E-state index < -0.39 is 0 Å². The fourth-order valence-electron chi connectivity index (χ4n) is 1.58. The van der Waals surface area contributed by atoms with E-state index >= 15 is 0 Å². The van der Waals surface area contributed by atoms with Crippen LogP contribution in [-0.4, -0.2) is 10.2 Å². The maximum absolute atomic E-state index is 8.72. The van der Waals surface area contributed by atoms with E-state index in [1.54, 1.807) is 6.08 Å². The van der Waals surface area contributed by atoms with Crippen LogP contribution in [0.2, 0.25) is 0 Å². The SMILES string of the molecule is CCCCCCCCCCC=CC(O)=S. The van der Waals surface area contributed by atoms with E-state index in [0.717, 1.165) is 6.42 Å². The van der Waals surface area contributed by atoms with Gasteiger partial charge in [0, 0.05) is 0 Å². The molecule has 0 aromatic rings. The lowest BCUT2D eigenvalue weighted by molar-refractivity contribution is 0.571. The molecule has 2 heteroatoms. The summed E-state index contributed by atoms with van der Waals surface area (Å²) >= 11 is 4.52. The smallest absolute Gasteiger partial charge is 0.180 e. The lowest BCUT2D eigenvalue weighted by Gasteiger charge is -1.99. The van der Waals surface area contributed by atoms with Crippen LogP contribution in [0.15, 0.2) is 12.2 Å². The Labute approximate surface area is 99.6 Å². The minimum absolute atomic E-state index is 0.00503. The molecule has 0 heterocycles. The first kappa shape index (κ1) is 14.6. The van der Waals surface area contributed by atoms with Gasteiger partial charge in [0.15, 0.2) is 5.05 Å². The molecule has 0 unspecified atom stereocenters. The molecule has 0 spiro atoms. The van der Waals surface area contributed by atoms with E-state index in [4.69, 9.17) is 5.11 Å². The molecular formula is C13H24OS. The molecule has 1 nitrogen and oxygen atoms in total. The second-order valence-electron chi connectivity index (χ2n) is 4.00. The Kier molecular flexibility index (Phi) is 11.4. The summed E-state index contributed by atoms with van der Waals surface area (Å²) < 4.78 is 0. The Bertz CT molecular complexity index is 175. The molecule has 0 radical (unpaired) electrons. The summed E-state index contributed by atoms with van der Waals surface area (Å²) in [4.78, 5) is 0. The van der Waals surface area contributed by atoms with Gasteiger partial charge in [-0.2, -0.15) is 0 Å². The zero-order valence-corrected chi connectivity index (χ0v) is 10.7. The summed E-state index contributed by atoms with van der Waals surface area (Å²) in [5.41, 5.74) is 0. The molecule has 0 amide bonds. The lowest BCUT2D eigenvalue weighted by Crippen LogP contribution is -1.82. The van der Waals surface area contributed by atoms with E-state index in [1.165, 1.54) is 51.4 Å². The van der Waals surface area contributed by atoms with Crippen LogP contribution < -0.4 is 0 Å². The van der Waals surface area contributed by atoms with Crippen molar-refractivity contribution < 1.29 is 5.11 Å². The van der Waals surface area contributed by atoms with E-state index in [9.17, 15) is 0 Å². The van der Waals surface area contributed by atoms with Crippen LogP contribution in [0, 0.1) is 0 Å². The summed E-state index contributed by atoms with van der Waals surface area (Å²) in [5, 5.41) is 8.72. The largest absolute Gasteiger partial charge is 0.499 e.